The maximum absolute atomic E-state index is 12.2. The molecular weight excluding hydrogens is 376 g/mol. The average molecular weight is 383 g/mol. The topological polar surface area (TPSA) is 54.9 Å². The molecule has 1 amide bonds. The van der Waals surface area contributed by atoms with Crippen molar-refractivity contribution >= 4 is 69.8 Å². The Morgan fingerprint density at radius 2 is 1.81 bits per heavy atom. The van der Waals surface area contributed by atoms with Gasteiger partial charge in [-0.3, -0.25) is 4.79 Å². The van der Waals surface area contributed by atoms with Crippen molar-refractivity contribution < 1.29 is 4.79 Å². The van der Waals surface area contributed by atoms with Gasteiger partial charge in [0.2, 0.25) is 0 Å². The second-order valence-electron chi connectivity index (χ2n) is 3.76. The van der Waals surface area contributed by atoms with Crippen LogP contribution in [0, 0.1) is 0 Å². The van der Waals surface area contributed by atoms with E-state index in [1.807, 2.05) is 0 Å². The number of halogens is 4. The Morgan fingerprint density at radius 3 is 2.33 bits per heavy atom. The van der Waals surface area contributed by atoms with Crippen LogP contribution >= 0.6 is 58.2 Å². The molecule has 1 N–H and O–H groups in total. The van der Waals surface area contributed by atoms with Crippen LogP contribution in [-0.4, -0.2) is 22.1 Å². The summed E-state index contributed by atoms with van der Waals surface area (Å²) >= 11 is 25.1. The molecule has 0 aliphatic heterocycles. The minimum absolute atomic E-state index is 0.0491. The van der Waals surface area contributed by atoms with Crippen LogP contribution in [0.3, 0.4) is 0 Å². The molecular formula is C12H7Cl4N3OS. The number of benzene rings is 1. The van der Waals surface area contributed by atoms with E-state index in [1.165, 1.54) is 30.1 Å². The molecule has 2 rings (SSSR count). The summed E-state index contributed by atoms with van der Waals surface area (Å²) in [6.07, 6.45) is 3.15. The zero-order chi connectivity index (χ0) is 15.6. The first-order valence-corrected chi connectivity index (χ1v) is 8.18. The van der Waals surface area contributed by atoms with Crippen molar-refractivity contribution in [2.24, 2.45) is 0 Å². The third-order valence-corrected chi connectivity index (χ3v) is 4.06. The summed E-state index contributed by atoms with van der Waals surface area (Å²) in [6, 6.07) is 2.94. The van der Waals surface area contributed by atoms with Crippen LogP contribution in [0.5, 0.6) is 0 Å². The third kappa shape index (κ3) is 3.93. The molecule has 1 heterocycles. The van der Waals surface area contributed by atoms with Gasteiger partial charge in [-0.2, -0.15) is 0 Å². The number of hydrogen-bond donors (Lipinski definition) is 1. The highest BCUT2D eigenvalue weighted by Gasteiger charge is 2.17. The second kappa shape index (κ2) is 7.03. The van der Waals surface area contributed by atoms with Gasteiger partial charge in [0.05, 0.1) is 21.3 Å². The number of nitrogens with zero attached hydrogens (tertiary/aromatic N) is 2. The molecule has 4 nitrogen and oxygen atoms in total. The Hall–Kier alpha value is -0.720. The minimum Gasteiger partial charge on any atom is -0.319 e. The molecule has 1 aromatic heterocycles. The van der Waals surface area contributed by atoms with E-state index in [-0.39, 0.29) is 26.4 Å². The standard InChI is InChI=1S/C12H7Cl4N3OS/c1-21-12-17-4-6(10(16)19-12)11(20)18-9-7(14)2-5(13)3-8(9)15/h2-4H,1H3,(H,18,20). The fourth-order valence-corrected chi connectivity index (χ4v) is 2.96. The van der Waals surface area contributed by atoms with E-state index in [4.69, 9.17) is 46.4 Å². The summed E-state index contributed by atoms with van der Waals surface area (Å²) in [5.41, 5.74) is 0.370. The van der Waals surface area contributed by atoms with Gasteiger partial charge in [0.15, 0.2) is 5.16 Å². The van der Waals surface area contributed by atoms with Gasteiger partial charge in [0, 0.05) is 11.2 Å². The van der Waals surface area contributed by atoms with Crippen molar-refractivity contribution in [3.05, 3.63) is 44.1 Å². The van der Waals surface area contributed by atoms with E-state index in [0.717, 1.165) is 0 Å². The summed E-state index contributed by atoms with van der Waals surface area (Å²) in [4.78, 5) is 20.2. The minimum atomic E-state index is -0.515. The summed E-state index contributed by atoms with van der Waals surface area (Å²) in [5.74, 6) is -0.515. The van der Waals surface area contributed by atoms with Crippen LogP contribution in [0.2, 0.25) is 20.2 Å². The second-order valence-corrected chi connectivity index (χ2v) is 6.14. The molecule has 0 bridgehead atoms. The molecule has 0 saturated carbocycles. The zero-order valence-electron chi connectivity index (χ0n) is 10.5. The van der Waals surface area contributed by atoms with Gasteiger partial charge >= 0.3 is 0 Å². The molecule has 0 atom stereocenters. The van der Waals surface area contributed by atoms with Gasteiger partial charge < -0.3 is 5.32 Å². The van der Waals surface area contributed by atoms with Crippen molar-refractivity contribution in [3.63, 3.8) is 0 Å². The van der Waals surface area contributed by atoms with Crippen LogP contribution in [0.25, 0.3) is 0 Å². The van der Waals surface area contributed by atoms with Crippen molar-refractivity contribution in [2.75, 3.05) is 11.6 Å². The number of thioether (sulfide) groups is 1. The Bertz CT molecular complexity index is 688. The number of anilines is 1. The number of hydrogen-bond acceptors (Lipinski definition) is 4. The van der Waals surface area contributed by atoms with Gasteiger partial charge in [-0.15, -0.1) is 0 Å². The maximum atomic E-state index is 12.2. The SMILES string of the molecule is CSc1ncc(C(=O)Nc2c(Cl)cc(Cl)cc2Cl)c(Cl)n1. The number of amides is 1. The van der Waals surface area contributed by atoms with Crippen molar-refractivity contribution in [1.82, 2.24) is 9.97 Å². The van der Waals surface area contributed by atoms with E-state index in [9.17, 15) is 4.79 Å². The van der Waals surface area contributed by atoms with Crippen LogP contribution < -0.4 is 5.32 Å². The molecule has 2 aromatic rings. The van der Waals surface area contributed by atoms with Gasteiger partial charge in [-0.25, -0.2) is 9.97 Å². The summed E-state index contributed by atoms with van der Waals surface area (Å²) in [5, 5.41) is 3.90. The lowest BCUT2D eigenvalue weighted by Crippen LogP contribution is -2.14. The molecule has 0 saturated heterocycles. The lowest BCUT2D eigenvalue weighted by Gasteiger charge is -2.10. The average Bonchev–Trinajstić information content (AvgIpc) is 2.42. The molecule has 0 aliphatic rings. The highest BCUT2D eigenvalue weighted by atomic mass is 35.5. The molecule has 9 heteroatoms. The molecule has 0 fully saturated rings. The monoisotopic (exact) mass is 381 g/mol. The van der Waals surface area contributed by atoms with Crippen molar-refractivity contribution in [2.45, 2.75) is 5.16 Å². The lowest BCUT2D eigenvalue weighted by molar-refractivity contribution is 0.102. The first kappa shape index (κ1) is 16.6. The van der Waals surface area contributed by atoms with E-state index in [1.54, 1.807) is 6.26 Å². The number of rotatable bonds is 3. The fraction of sp³-hybridized carbons (Fsp3) is 0.0833. The number of nitrogens with one attached hydrogen (secondary N) is 1. The number of aromatic nitrogens is 2. The summed E-state index contributed by atoms with van der Waals surface area (Å²) in [6.45, 7) is 0. The van der Waals surface area contributed by atoms with Gasteiger partial charge in [0.25, 0.3) is 5.91 Å². The van der Waals surface area contributed by atoms with Crippen molar-refractivity contribution in [3.8, 4) is 0 Å². The lowest BCUT2D eigenvalue weighted by atomic mass is 10.2. The quantitative estimate of drug-likeness (QED) is 0.457. The van der Waals surface area contributed by atoms with Crippen LogP contribution in [0.15, 0.2) is 23.5 Å². The third-order valence-electron chi connectivity index (χ3n) is 2.39. The molecule has 0 spiro atoms. The van der Waals surface area contributed by atoms with Crippen LogP contribution in [0.4, 0.5) is 5.69 Å². The smallest absolute Gasteiger partial charge is 0.260 e. The number of carbonyl (C=O) groups is 1. The summed E-state index contributed by atoms with van der Waals surface area (Å²) in [7, 11) is 0. The zero-order valence-corrected chi connectivity index (χ0v) is 14.3. The van der Waals surface area contributed by atoms with Crippen LogP contribution in [-0.2, 0) is 0 Å². The number of carbonyl (C=O) groups excluding carboxylic acids is 1. The Kier molecular flexibility index (Phi) is 5.57. The Balaban J connectivity index is 2.30. The highest BCUT2D eigenvalue weighted by molar-refractivity contribution is 7.98. The predicted octanol–water partition coefficient (Wildman–Crippen LogP) is 5.06. The molecule has 0 radical (unpaired) electrons. The molecule has 0 aliphatic carbocycles. The molecule has 21 heavy (non-hydrogen) atoms. The maximum Gasteiger partial charge on any atom is 0.260 e. The normalized spacial score (nSPS) is 10.5. The predicted molar refractivity (Wildman–Crippen MR) is 88.2 cm³/mol. The molecule has 1 aromatic carbocycles. The van der Waals surface area contributed by atoms with E-state index >= 15 is 0 Å². The first-order chi connectivity index (χ1) is 9.92. The van der Waals surface area contributed by atoms with Gasteiger partial charge in [-0.1, -0.05) is 58.2 Å². The van der Waals surface area contributed by atoms with Crippen molar-refractivity contribution in [1.29, 1.82) is 0 Å². The largest absolute Gasteiger partial charge is 0.319 e. The van der Waals surface area contributed by atoms with Gasteiger partial charge in [-0.05, 0) is 18.4 Å². The van der Waals surface area contributed by atoms with Crippen LogP contribution in [0.1, 0.15) is 10.4 Å². The van der Waals surface area contributed by atoms with E-state index < -0.39 is 5.91 Å². The fourth-order valence-electron chi connectivity index (χ4n) is 1.44. The van der Waals surface area contributed by atoms with Gasteiger partial charge in [0.1, 0.15) is 5.15 Å². The molecule has 110 valence electrons. The highest BCUT2D eigenvalue weighted by Crippen LogP contribution is 2.34. The Labute approximate surface area is 145 Å². The van der Waals surface area contributed by atoms with E-state index in [0.29, 0.717) is 10.2 Å². The summed E-state index contributed by atoms with van der Waals surface area (Å²) < 4.78 is 0. The first-order valence-electron chi connectivity index (χ1n) is 5.44. The molecule has 0 unspecified atom stereocenters. The van der Waals surface area contributed by atoms with E-state index in [2.05, 4.69) is 15.3 Å². The Morgan fingerprint density at radius 1 is 1.19 bits per heavy atom.